The lowest BCUT2D eigenvalue weighted by Crippen LogP contribution is -2.26. The number of hydrogen-bond donors (Lipinski definition) is 2. The summed E-state index contributed by atoms with van der Waals surface area (Å²) in [4.78, 5) is 11.2. The van der Waals surface area contributed by atoms with E-state index in [1.54, 1.807) is 13.8 Å². The molecule has 0 radical (unpaired) electrons. The van der Waals surface area contributed by atoms with Crippen LogP contribution in [0.5, 0.6) is 11.5 Å². The normalized spacial score (nSPS) is 11.4. The summed E-state index contributed by atoms with van der Waals surface area (Å²) in [5, 5.41) is 19.3. The third kappa shape index (κ3) is 2.58. The van der Waals surface area contributed by atoms with Crippen LogP contribution in [0.25, 0.3) is 0 Å². The van der Waals surface area contributed by atoms with Crippen molar-refractivity contribution in [3.63, 3.8) is 0 Å². The molecule has 18 heavy (non-hydrogen) atoms. The van der Waals surface area contributed by atoms with Gasteiger partial charge in [-0.15, -0.1) is 0 Å². The summed E-state index contributed by atoms with van der Waals surface area (Å²) >= 11 is 0. The number of carboxylic acids is 1. The molecule has 100 valence electrons. The third-order valence-corrected chi connectivity index (χ3v) is 3.17. The first-order chi connectivity index (χ1) is 8.20. The molecular weight excluding hydrogens is 232 g/mol. The second-order valence-electron chi connectivity index (χ2n) is 5.24. The minimum absolute atomic E-state index is 0.0457. The highest BCUT2D eigenvalue weighted by Gasteiger charge is 2.30. The number of aliphatic carboxylic acids is 1. The second-order valence-corrected chi connectivity index (χ2v) is 5.24. The van der Waals surface area contributed by atoms with E-state index < -0.39 is 11.4 Å². The fourth-order valence-electron chi connectivity index (χ4n) is 1.99. The Kier molecular flexibility index (Phi) is 3.89. The zero-order valence-corrected chi connectivity index (χ0v) is 11.5. The highest BCUT2D eigenvalue weighted by atomic mass is 16.5. The first-order valence-electron chi connectivity index (χ1n) is 5.80. The van der Waals surface area contributed by atoms with Crippen molar-refractivity contribution in [2.75, 3.05) is 7.11 Å². The van der Waals surface area contributed by atoms with Crippen LogP contribution < -0.4 is 4.74 Å². The molecule has 0 aliphatic rings. The van der Waals surface area contributed by atoms with Crippen LogP contribution in [0.1, 0.15) is 30.5 Å². The molecule has 0 amide bonds. The molecule has 0 fully saturated rings. The van der Waals surface area contributed by atoms with Crippen LogP contribution >= 0.6 is 0 Å². The summed E-state index contributed by atoms with van der Waals surface area (Å²) in [6, 6.07) is 1.89. The number of hydrogen-bond acceptors (Lipinski definition) is 3. The zero-order chi connectivity index (χ0) is 14.1. The largest absolute Gasteiger partial charge is 0.504 e. The van der Waals surface area contributed by atoms with E-state index in [1.807, 2.05) is 19.9 Å². The Morgan fingerprint density at radius 1 is 1.33 bits per heavy atom. The quantitative estimate of drug-likeness (QED) is 0.864. The third-order valence-electron chi connectivity index (χ3n) is 3.17. The predicted octanol–water partition coefficient (Wildman–Crippen LogP) is 2.67. The molecule has 0 heterocycles. The zero-order valence-electron chi connectivity index (χ0n) is 11.5. The van der Waals surface area contributed by atoms with Crippen molar-refractivity contribution >= 4 is 5.97 Å². The molecule has 4 nitrogen and oxygen atoms in total. The molecule has 0 aliphatic heterocycles. The number of aryl methyl sites for hydroxylation is 2. The van der Waals surface area contributed by atoms with Gasteiger partial charge in [-0.1, -0.05) is 6.07 Å². The summed E-state index contributed by atoms with van der Waals surface area (Å²) in [5.74, 6) is -0.429. The van der Waals surface area contributed by atoms with Gasteiger partial charge in [0, 0.05) is 5.56 Å². The van der Waals surface area contributed by atoms with Gasteiger partial charge < -0.3 is 14.9 Å². The summed E-state index contributed by atoms with van der Waals surface area (Å²) in [7, 11) is 1.49. The van der Waals surface area contributed by atoms with Crippen molar-refractivity contribution in [2.24, 2.45) is 5.41 Å². The highest BCUT2D eigenvalue weighted by Crippen LogP contribution is 2.38. The Morgan fingerprint density at radius 3 is 2.33 bits per heavy atom. The molecule has 0 aliphatic carbocycles. The van der Waals surface area contributed by atoms with Gasteiger partial charge in [0.05, 0.1) is 12.5 Å². The molecular formula is C14H20O4. The van der Waals surface area contributed by atoms with E-state index in [4.69, 9.17) is 9.84 Å². The van der Waals surface area contributed by atoms with Gasteiger partial charge in [0.15, 0.2) is 11.5 Å². The fourth-order valence-corrected chi connectivity index (χ4v) is 1.99. The Labute approximate surface area is 107 Å². The maximum absolute atomic E-state index is 11.2. The number of methoxy groups -OCH3 is 1. The van der Waals surface area contributed by atoms with Crippen LogP contribution in [0, 0.1) is 19.3 Å². The maximum Gasteiger partial charge on any atom is 0.309 e. The minimum atomic E-state index is -0.928. The molecule has 0 bridgehead atoms. The summed E-state index contributed by atoms with van der Waals surface area (Å²) < 4.78 is 5.15. The average Bonchev–Trinajstić information content (AvgIpc) is 2.24. The molecule has 0 spiro atoms. The van der Waals surface area contributed by atoms with Gasteiger partial charge >= 0.3 is 5.97 Å². The first kappa shape index (κ1) is 14.4. The lowest BCUT2D eigenvalue weighted by atomic mass is 9.83. The van der Waals surface area contributed by atoms with Gasteiger partial charge in [-0.3, -0.25) is 4.79 Å². The summed E-state index contributed by atoms with van der Waals surface area (Å²) in [6.45, 7) is 6.98. The van der Waals surface area contributed by atoms with E-state index in [-0.39, 0.29) is 12.2 Å². The SMILES string of the molecule is COc1c(C)cc(C)c(CC(C)(C)C(=O)O)c1O. The number of phenols is 1. The van der Waals surface area contributed by atoms with E-state index in [0.29, 0.717) is 11.3 Å². The topological polar surface area (TPSA) is 66.8 Å². The van der Waals surface area contributed by atoms with Gasteiger partial charge in [0.1, 0.15) is 0 Å². The molecule has 4 heteroatoms. The van der Waals surface area contributed by atoms with Crippen LogP contribution in [-0.2, 0) is 11.2 Å². The number of carboxylic acid groups (broad SMARTS) is 1. The lowest BCUT2D eigenvalue weighted by molar-refractivity contribution is -0.146. The molecule has 0 atom stereocenters. The van der Waals surface area contributed by atoms with Crippen LogP contribution in [0.3, 0.4) is 0 Å². The van der Waals surface area contributed by atoms with E-state index >= 15 is 0 Å². The Hall–Kier alpha value is -1.71. The molecule has 2 N–H and O–H groups in total. The average molecular weight is 252 g/mol. The lowest BCUT2D eigenvalue weighted by Gasteiger charge is -2.22. The van der Waals surface area contributed by atoms with E-state index in [1.165, 1.54) is 7.11 Å². The van der Waals surface area contributed by atoms with Crippen molar-refractivity contribution in [1.82, 2.24) is 0 Å². The number of carbonyl (C=O) groups is 1. The Morgan fingerprint density at radius 2 is 1.89 bits per heavy atom. The van der Waals surface area contributed by atoms with Crippen LogP contribution in [0.4, 0.5) is 0 Å². The maximum atomic E-state index is 11.2. The molecule has 0 unspecified atom stereocenters. The number of aromatic hydroxyl groups is 1. The van der Waals surface area contributed by atoms with Gasteiger partial charge in [-0.05, 0) is 45.2 Å². The van der Waals surface area contributed by atoms with Gasteiger partial charge in [0.2, 0.25) is 0 Å². The Balaban J connectivity index is 3.30. The molecule has 0 saturated carbocycles. The van der Waals surface area contributed by atoms with Crippen molar-refractivity contribution in [2.45, 2.75) is 34.1 Å². The molecule has 1 rings (SSSR count). The van der Waals surface area contributed by atoms with Gasteiger partial charge in [-0.25, -0.2) is 0 Å². The Bertz CT molecular complexity index is 475. The molecule has 0 aromatic heterocycles. The van der Waals surface area contributed by atoms with Crippen LogP contribution in [0.2, 0.25) is 0 Å². The minimum Gasteiger partial charge on any atom is -0.504 e. The number of phenolic OH excluding ortho intramolecular Hbond substituents is 1. The molecule has 0 saturated heterocycles. The number of ether oxygens (including phenoxy) is 1. The van der Waals surface area contributed by atoms with E-state index in [2.05, 4.69) is 0 Å². The van der Waals surface area contributed by atoms with E-state index in [0.717, 1.165) is 11.1 Å². The van der Waals surface area contributed by atoms with Crippen molar-refractivity contribution in [1.29, 1.82) is 0 Å². The van der Waals surface area contributed by atoms with E-state index in [9.17, 15) is 9.90 Å². The van der Waals surface area contributed by atoms with Crippen LogP contribution in [-0.4, -0.2) is 23.3 Å². The number of benzene rings is 1. The summed E-state index contributed by atoms with van der Waals surface area (Å²) in [6.07, 6.45) is 0.261. The predicted molar refractivity (Wildman–Crippen MR) is 69.3 cm³/mol. The fraction of sp³-hybridized carbons (Fsp3) is 0.500. The highest BCUT2D eigenvalue weighted by molar-refractivity contribution is 5.74. The van der Waals surface area contributed by atoms with Crippen molar-refractivity contribution in [3.8, 4) is 11.5 Å². The molecule has 1 aromatic carbocycles. The second kappa shape index (κ2) is 4.88. The number of rotatable bonds is 4. The molecule has 1 aromatic rings. The van der Waals surface area contributed by atoms with Crippen molar-refractivity contribution in [3.05, 3.63) is 22.8 Å². The monoisotopic (exact) mass is 252 g/mol. The standard InChI is InChI=1S/C14H20O4/c1-8-6-9(2)12(18-5)11(15)10(8)7-14(3,4)13(16)17/h6,15H,7H2,1-5H3,(H,16,17). The van der Waals surface area contributed by atoms with Crippen LogP contribution in [0.15, 0.2) is 6.07 Å². The van der Waals surface area contributed by atoms with Crippen molar-refractivity contribution < 1.29 is 19.7 Å². The smallest absolute Gasteiger partial charge is 0.309 e. The van der Waals surface area contributed by atoms with Gasteiger partial charge in [-0.2, -0.15) is 0 Å². The van der Waals surface area contributed by atoms with Gasteiger partial charge in [0.25, 0.3) is 0 Å². The first-order valence-corrected chi connectivity index (χ1v) is 5.80. The summed E-state index contributed by atoms with van der Waals surface area (Å²) in [5.41, 5.74) is 1.41.